The summed E-state index contributed by atoms with van der Waals surface area (Å²) in [5.74, 6) is 0.660. The molecular formula is C13H12BrNO2. The highest BCUT2D eigenvalue weighted by Gasteiger charge is 2.06. The molecule has 0 aromatic heterocycles. The fraction of sp³-hybridized carbons (Fsp3) is 0.0769. The normalized spacial score (nSPS) is 10.2. The molecule has 4 heteroatoms. The lowest BCUT2D eigenvalue weighted by molar-refractivity contribution is 0.305. The Hall–Kier alpha value is -1.68. The van der Waals surface area contributed by atoms with Gasteiger partial charge < -0.3 is 15.6 Å². The van der Waals surface area contributed by atoms with Crippen LogP contribution in [0.2, 0.25) is 0 Å². The first-order valence-corrected chi connectivity index (χ1v) is 5.91. The average molecular weight is 294 g/mol. The summed E-state index contributed by atoms with van der Waals surface area (Å²) in [6.07, 6.45) is 0. The molecule has 0 saturated heterocycles. The maximum Gasteiger partial charge on any atom is 0.152 e. The number of benzene rings is 2. The van der Waals surface area contributed by atoms with Crippen molar-refractivity contribution in [3.05, 3.63) is 52.5 Å². The van der Waals surface area contributed by atoms with Crippen LogP contribution in [0.15, 0.2) is 46.9 Å². The Labute approximate surface area is 108 Å². The number of hydrogen-bond acceptors (Lipinski definition) is 3. The van der Waals surface area contributed by atoms with Crippen LogP contribution >= 0.6 is 15.9 Å². The standard InChI is InChI=1S/C13H12BrNO2/c14-11-6-10(7-12(15)13(11)16)17-8-9-4-2-1-3-5-9/h1-7,16H,8,15H2. The summed E-state index contributed by atoms with van der Waals surface area (Å²) in [4.78, 5) is 0. The third-order valence-electron chi connectivity index (χ3n) is 2.31. The summed E-state index contributed by atoms with van der Waals surface area (Å²) in [6.45, 7) is 0.470. The summed E-state index contributed by atoms with van der Waals surface area (Å²) < 4.78 is 6.12. The van der Waals surface area contributed by atoms with E-state index in [2.05, 4.69) is 15.9 Å². The van der Waals surface area contributed by atoms with Gasteiger partial charge in [0.2, 0.25) is 0 Å². The third kappa shape index (κ3) is 2.91. The van der Waals surface area contributed by atoms with E-state index in [1.807, 2.05) is 30.3 Å². The van der Waals surface area contributed by atoms with Gasteiger partial charge in [-0.1, -0.05) is 30.3 Å². The molecule has 0 aliphatic rings. The molecule has 0 saturated carbocycles. The van der Waals surface area contributed by atoms with Crippen LogP contribution in [0.4, 0.5) is 5.69 Å². The van der Waals surface area contributed by atoms with Gasteiger partial charge in [-0.25, -0.2) is 0 Å². The molecule has 0 heterocycles. The van der Waals surface area contributed by atoms with Crippen LogP contribution in [0.3, 0.4) is 0 Å². The van der Waals surface area contributed by atoms with Crippen molar-refractivity contribution in [2.75, 3.05) is 5.73 Å². The minimum absolute atomic E-state index is 0.0389. The molecule has 0 fully saturated rings. The number of halogens is 1. The van der Waals surface area contributed by atoms with E-state index in [0.717, 1.165) is 5.56 Å². The zero-order valence-electron chi connectivity index (χ0n) is 9.06. The number of phenolic OH excluding ortho intramolecular Hbond substituents is 1. The largest absolute Gasteiger partial charge is 0.505 e. The summed E-state index contributed by atoms with van der Waals surface area (Å²) in [5.41, 5.74) is 7.00. The number of nitrogens with two attached hydrogens (primary N) is 1. The van der Waals surface area contributed by atoms with Gasteiger partial charge in [-0.2, -0.15) is 0 Å². The van der Waals surface area contributed by atoms with E-state index in [4.69, 9.17) is 10.5 Å². The predicted octanol–water partition coefficient (Wildman–Crippen LogP) is 3.32. The van der Waals surface area contributed by atoms with E-state index in [1.165, 1.54) is 0 Å². The molecule has 0 spiro atoms. The van der Waals surface area contributed by atoms with E-state index in [1.54, 1.807) is 12.1 Å². The summed E-state index contributed by atoms with van der Waals surface area (Å²) in [5, 5.41) is 9.49. The van der Waals surface area contributed by atoms with Gasteiger partial charge in [0, 0.05) is 6.07 Å². The fourth-order valence-electron chi connectivity index (χ4n) is 1.42. The van der Waals surface area contributed by atoms with Gasteiger partial charge in [-0.05, 0) is 27.6 Å². The van der Waals surface area contributed by atoms with Crippen molar-refractivity contribution >= 4 is 21.6 Å². The van der Waals surface area contributed by atoms with E-state index in [-0.39, 0.29) is 5.75 Å². The van der Waals surface area contributed by atoms with Gasteiger partial charge >= 0.3 is 0 Å². The second-order valence-electron chi connectivity index (χ2n) is 3.62. The second-order valence-corrected chi connectivity index (χ2v) is 4.47. The molecule has 2 aromatic rings. The molecule has 0 aliphatic heterocycles. The summed E-state index contributed by atoms with van der Waals surface area (Å²) >= 11 is 3.21. The topological polar surface area (TPSA) is 55.5 Å². The van der Waals surface area contributed by atoms with Gasteiger partial charge in [0.25, 0.3) is 0 Å². The minimum atomic E-state index is 0.0389. The molecule has 3 N–H and O–H groups in total. The molecule has 2 aromatic carbocycles. The second kappa shape index (κ2) is 5.10. The van der Waals surface area contributed by atoms with Gasteiger partial charge in [0.1, 0.15) is 12.4 Å². The third-order valence-corrected chi connectivity index (χ3v) is 2.92. The van der Waals surface area contributed by atoms with Crippen molar-refractivity contribution in [1.82, 2.24) is 0 Å². The van der Waals surface area contributed by atoms with Gasteiger partial charge in [0.15, 0.2) is 5.75 Å². The Balaban J connectivity index is 2.10. The Morgan fingerprint density at radius 1 is 1.18 bits per heavy atom. The monoisotopic (exact) mass is 293 g/mol. The highest BCUT2D eigenvalue weighted by Crippen LogP contribution is 2.34. The SMILES string of the molecule is Nc1cc(OCc2ccccc2)cc(Br)c1O. The molecule has 3 nitrogen and oxygen atoms in total. The van der Waals surface area contributed by atoms with Gasteiger partial charge in [0.05, 0.1) is 10.2 Å². The molecule has 2 rings (SSSR count). The molecule has 0 aliphatic carbocycles. The number of nitrogen functional groups attached to an aromatic ring is 1. The molecule has 0 atom stereocenters. The smallest absolute Gasteiger partial charge is 0.152 e. The van der Waals surface area contributed by atoms with Crippen LogP contribution in [0, 0.1) is 0 Å². The molecule has 0 unspecified atom stereocenters. The van der Waals surface area contributed by atoms with Gasteiger partial charge in [-0.15, -0.1) is 0 Å². The first-order valence-electron chi connectivity index (χ1n) is 5.11. The number of anilines is 1. The maximum absolute atomic E-state index is 9.49. The average Bonchev–Trinajstić information content (AvgIpc) is 2.34. The van der Waals surface area contributed by atoms with E-state index >= 15 is 0 Å². The Morgan fingerprint density at radius 2 is 1.88 bits per heavy atom. The highest BCUT2D eigenvalue weighted by atomic mass is 79.9. The van der Waals surface area contributed by atoms with Crippen LogP contribution in [0.25, 0.3) is 0 Å². The lowest BCUT2D eigenvalue weighted by Crippen LogP contribution is -1.96. The quantitative estimate of drug-likeness (QED) is 0.674. The van der Waals surface area contributed by atoms with Crippen molar-refractivity contribution in [2.45, 2.75) is 6.61 Å². The molecular weight excluding hydrogens is 282 g/mol. The van der Waals surface area contributed by atoms with Crippen molar-refractivity contribution in [3.8, 4) is 11.5 Å². The molecule has 88 valence electrons. The van der Waals surface area contributed by atoms with Gasteiger partial charge in [-0.3, -0.25) is 0 Å². The van der Waals surface area contributed by atoms with Crippen LogP contribution in [-0.4, -0.2) is 5.11 Å². The summed E-state index contributed by atoms with van der Waals surface area (Å²) in [7, 11) is 0. The van der Waals surface area contributed by atoms with Crippen LogP contribution in [-0.2, 0) is 6.61 Å². The zero-order valence-corrected chi connectivity index (χ0v) is 10.6. The Bertz CT molecular complexity index is 491. The number of ether oxygens (including phenoxy) is 1. The number of aromatic hydroxyl groups is 1. The number of rotatable bonds is 3. The predicted molar refractivity (Wildman–Crippen MR) is 71.0 cm³/mol. The summed E-state index contributed by atoms with van der Waals surface area (Å²) in [6, 6.07) is 13.1. The number of hydrogen-bond donors (Lipinski definition) is 2. The zero-order chi connectivity index (χ0) is 12.3. The highest BCUT2D eigenvalue weighted by molar-refractivity contribution is 9.10. The van der Waals surface area contributed by atoms with Crippen molar-refractivity contribution in [1.29, 1.82) is 0 Å². The fourth-order valence-corrected chi connectivity index (χ4v) is 1.87. The Kier molecular flexibility index (Phi) is 3.54. The first-order chi connectivity index (χ1) is 8.16. The van der Waals surface area contributed by atoms with E-state index in [0.29, 0.717) is 22.5 Å². The molecule has 17 heavy (non-hydrogen) atoms. The molecule has 0 amide bonds. The Morgan fingerprint density at radius 3 is 2.53 bits per heavy atom. The van der Waals surface area contributed by atoms with Crippen LogP contribution in [0.5, 0.6) is 11.5 Å². The molecule has 0 radical (unpaired) electrons. The van der Waals surface area contributed by atoms with Crippen molar-refractivity contribution in [2.24, 2.45) is 0 Å². The maximum atomic E-state index is 9.49. The number of phenols is 1. The lowest BCUT2D eigenvalue weighted by atomic mass is 10.2. The lowest BCUT2D eigenvalue weighted by Gasteiger charge is -2.09. The first kappa shape index (κ1) is 11.8. The van der Waals surface area contributed by atoms with Crippen LogP contribution < -0.4 is 10.5 Å². The minimum Gasteiger partial charge on any atom is -0.505 e. The van der Waals surface area contributed by atoms with E-state index in [9.17, 15) is 5.11 Å². The van der Waals surface area contributed by atoms with Crippen molar-refractivity contribution in [3.63, 3.8) is 0 Å². The van der Waals surface area contributed by atoms with E-state index < -0.39 is 0 Å². The molecule has 0 bridgehead atoms. The van der Waals surface area contributed by atoms with Crippen molar-refractivity contribution < 1.29 is 9.84 Å². The van der Waals surface area contributed by atoms with Crippen LogP contribution in [0.1, 0.15) is 5.56 Å².